The highest BCUT2D eigenvalue weighted by Gasteiger charge is 2.30. The standard InChI is InChI=1S/C18H18Cl2N4O4S2.C17H16Cl2N4O2S/c1-10-9-29-16(15(10)20)18(26)22-13-8-24(30(2,27)28)6-5-12(13)17(25)23-14-4-3-11(19)7-21-14;1-9-8-26-15(14(9)19)17(25)22-12-4-5-20-7-11(12)16(24)23-13-3-2-10(18)6-21-13/h3-4,7,9H,5-6,8H2,1-2H3,(H,22,26)(H,21,23,25);2-3,6,8,20H,4-5,7H2,1H3,(H,22,25)(H,21,23,24). The molecule has 0 fully saturated rings. The molecule has 5 N–H and O–H groups in total. The number of hydrogen-bond donors (Lipinski definition) is 5. The Morgan fingerprint density at radius 2 is 1.21 bits per heavy atom. The molecule has 4 aromatic rings. The van der Waals surface area contributed by atoms with Gasteiger partial charge in [-0.1, -0.05) is 46.4 Å². The number of thiophene rings is 2. The monoisotopic (exact) mass is 898 g/mol. The third-order valence-corrected chi connectivity index (χ3v) is 13.3. The van der Waals surface area contributed by atoms with E-state index in [9.17, 15) is 27.6 Å². The third-order valence-electron chi connectivity index (χ3n) is 8.22. The molecule has 4 amide bonds. The van der Waals surface area contributed by atoms with Gasteiger partial charge in [0.25, 0.3) is 23.6 Å². The van der Waals surface area contributed by atoms with Gasteiger partial charge in [-0.3, -0.25) is 19.2 Å². The van der Waals surface area contributed by atoms with Gasteiger partial charge in [0.15, 0.2) is 0 Å². The number of nitrogens with one attached hydrogen (secondary N) is 5. The van der Waals surface area contributed by atoms with Crippen LogP contribution >= 0.6 is 69.1 Å². The molecule has 0 atom stereocenters. The first kappa shape index (κ1) is 43.2. The van der Waals surface area contributed by atoms with Crippen molar-refractivity contribution in [1.29, 1.82) is 0 Å². The predicted octanol–water partition coefficient (Wildman–Crippen LogP) is 6.42. The summed E-state index contributed by atoms with van der Waals surface area (Å²) in [6.07, 6.45) is 4.58. The van der Waals surface area contributed by atoms with Crippen LogP contribution < -0.4 is 26.6 Å². The van der Waals surface area contributed by atoms with Crippen LogP contribution in [0.1, 0.15) is 43.3 Å². The number of aromatic nitrogens is 2. The van der Waals surface area contributed by atoms with Gasteiger partial charge in [0.1, 0.15) is 21.4 Å². The quantitative estimate of drug-likeness (QED) is 0.126. The molecule has 6 rings (SSSR count). The van der Waals surface area contributed by atoms with Gasteiger partial charge < -0.3 is 26.6 Å². The Hall–Kier alpha value is -3.91. The van der Waals surface area contributed by atoms with Crippen LogP contribution in [0.3, 0.4) is 0 Å². The molecule has 0 aliphatic carbocycles. The number of carbonyl (C=O) groups is 4. The van der Waals surface area contributed by atoms with Crippen molar-refractivity contribution in [2.75, 3.05) is 43.1 Å². The number of anilines is 2. The number of aryl methyl sites for hydroxylation is 2. The van der Waals surface area contributed by atoms with Gasteiger partial charge in [-0.05, 0) is 66.4 Å². The van der Waals surface area contributed by atoms with Crippen LogP contribution in [-0.2, 0) is 19.6 Å². The van der Waals surface area contributed by atoms with Crippen LogP contribution in [0.2, 0.25) is 20.1 Å². The minimum Gasteiger partial charge on any atom is -0.324 e. The largest absolute Gasteiger partial charge is 0.324 e. The molecule has 2 aliphatic rings. The van der Waals surface area contributed by atoms with Crippen LogP contribution in [0.15, 0.2) is 70.0 Å². The second-order valence-corrected chi connectivity index (χ2v) is 17.7. The summed E-state index contributed by atoms with van der Waals surface area (Å²) in [6.45, 7) is 4.63. The first-order chi connectivity index (χ1) is 26.5. The molecule has 0 aromatic carbocycles. The maximum absolute atomic E-state index is 12.8. The highest BCUT2D eigenvalue weighted by atomic mass is 35.5. The zero-order valence-electron chi connectivity index (χ0n) is 29.9. The van der Waals surface area contributed by atoms with Crippen molar-refractivity contribution in [3.8, 4) is 0 Å². The van der Waals surface area contributed by atoms with Crippen molar-refractivity contribution in [1.82, 2.24) is 30.2 Å². The molecule has 4 aromatic heterocycles. The average Bonchev–Trinajstić information content (AvgIpc) is 3.68. The summed E-state index contributed by atoms with van der Waals surface area (Å²) in [4.78, 5) is 59.5. The van der Waals surface area contributed by atoms with E-state index in [1.807, 2.05) is 12.3 Å². The van der Waals surface area contributed by atoms with Crippen molar-refractivity contribution in [3.05, 3.63) is 111 Å². The Kier molecular flexibility index (Phi) is 14.7. The molecule has 0 saturated heterocycles. The van der Waals surface area contributed by atoms with E-state index in [0.717, 1.165) is 17.4 Å². The van der Waals surface area contributed by atoms with Gasteiger partial charge >= 0.3 is 0 Å². The number of hydrogen-bond acceptors (Lipinski definition) is 11. The molecular weight excluding hydrogens is 866 g/mol. The molecule has 0 radical (unpaired) electrons. The number of carbonyl (C=O) groups excluding carboxylic acids is 4. The smallest absolute Gasteiger partial charge is 0.267 e. The number of nitrogens with zero attached hydrogens (tertiary/aromatic N) is 3. The summed E-state index contributed by atoms with van der Waals surface area (Å²) in [7, 11) is -3.51. The molecule has 0 bridgehead atoms. The number of sulfonamides is 1. The number of rotatable bonds is 9. The van der Waals surface area contributed by atoms with Gasteiger partial charge in [-0.25, -0.2) is 18.4 Å². The first-order valence-electron chi connectivity index (χ1n) is 16.6. The van der Waals surface area contributed by atoms with E-state index >= 15 is 0 Å². The lowest BCUT2D eigenvalue weighted by Gasteiger charge is -2.28. The van der Waals surface area contributed by atoms with E-state index in [1.165, 1.54) is 39.4 Å². The van der Waals surface area contributed by atoms with E-state index in [-0.39, 0.29) is 53.3 Å². The fraction of sp³-hybridized carbons (Fsp3) is 0.257. The van der Waals surface area contributed by atoms with Crippen LogP contribution in [0.5, 0.6) is 0 Å². The summed E-state index contributed by atoms with van der Waals surface area (Å²) < 4.78 is 25.2. The second-order valence-electron chi connectivity index (χ2n) is 12.4. The van der Waals surface area contributed by atoms with Gasteiger partial charge in [0.2, 0.25) is 10.0 Å². The predicted molar refractivity (Wildman–Crippen MR) is 221 cm³/mol. The summed E-state index contributed by atoms with van der Waals surface area (Å²) >= 11 is 26.4. The minimum atomic E-state index is -3.51. The number of halogens is 4. The molecule has 0 unspecified atom stereocenters. The molecule has 0 saturated carbocycles. The highest BCUT2D eigenvalue weighted by molar-refractivity contribution is 7.88. The maximum atomic E-state index is 12.8. The van der Waals surface area contributed by atoms with Gasteiger partial charge in [0.05, 0.1) is 38.5 Å². The lowest BCUT2D eigenvalue weighted by Crippen LogP contribution is -2.43. The zero-order valence-corrected chi connectivity index (χ0v) is 35.4. The normalized spacial score (nSPS) is 14.8. The molecule has 21 heteroatoms. The van der Waals surface area contributed by atoms with Crippen molar-refractivity contribution in [3.63, 3.8) is 0 Å². The average molecular weight is 901 g/mol. The minimum absolute atomic E-state index is 0.119. The lowest BCUT2D eigenvalue weighted by atomic mass is 10.1. The van der Waals surface area contributed by atoms with Crippen LogP contribution in [-0.4, -0.2) is 78.8 Å². The van der Waals surface area contributed by atoms with E-state index in [0.29, 0.717) is 61.6 Å². The van der Waals surface area contributed by atoms with Gasteiger partial charge in [-0.15, -0.1) is 22.7 Å². The van der Waals surface area contributed by atoms with Crippen LogP contribution in [0.4, 0.5) is 11.6 Å². The maximum Gasteiger partial charge on any atom is 0.267 e. The Balaban J connectivity index is 0.000000216. The summed E-state index contributed by atoms with van der Waals surface area (Å²) in [5.74, 6) is -0.944. The van der Waals surface area contributed by atoms with Gasteiger partial charge in [0, 0.05) is 55.4 Å². The summed E-state index contributed by atoms with van der Waals surface area (Å²) in [6, 6.07) is 6.37. The zero-order chi connectivity index (χ0) is 40.7. The molecule has 296 valence electrons. The summed E-state index contributed by atoms with van der Waals surface area (Å²) in [5, 5.41) is 19.3. The Morgan fingerprint density at radius 3 is 1.66 bits per heavy atom. The van der Waals surface area contributed by atoms with E-state index < -0.39 is 21.8 Å². The van der Waals surface area contributed by atoms with Crippen LogP contribution in [0.25, 0.3) is 0 Å². The first-order valence-corrected chi connectivity index (χ1v) is 21.7. The third kappa shape index (κ3) is 11.1. The second kappa shape index (κ2) is 19.0. The fourth-order valence-electron chi connectivity index (χ4n) is 5.26. The molecular formula is C35H34Cl4N8O6S3. The highest BCUT2D eigenvalue weighted by Crippen LogP contribution is 2.29. The number of amides is 4. The van der Waals surface area contributed by atoms with Gasteiger partial charge in [-0.2, -0.15) is 4.31 Å². The molecule has 6 heterocycles. The van der Waals surface area contributed by atoms with E-state index in [1.54, 1.807) is 36.6 Å². The Labute approximate surface area is 350 Å². The molecule has 0 spiro atoms. The molecule has 2 aliphatic heterocycles. The SMILES string of the molecule is Cc1csc(C(=O)NC2=C(C(=O)Nc3ccc(Cl)cn3)CCN(S(C)(=O)=O)C2)c1Cl.Cc1csc(C(=O)NC2=C(C(=O)Nc3ccc(Cl)cn3)CNCC2)c1Cl. The molecule has 56 heavy (non-hydrogen) atoms. The van der Waals surface area contributed by atoms with Crippen LogP contribution in [0, 0.1) is 13.8 Å². The van der Waals surface area contributed by atoms with Crippen molar-refractivity contribution >= 4 is 114 Å². The molecule has 14 nitrogen and oxygen atoms in total. The summed E-state index contributed by atoms with van der Waals surface area (Å²) in [5.41, 5.74) is 3.13. The van der Waals surface area contributed by atoms with Crippen molar-refractivity contribution in [2.45, 2.75) is 26.7 Å². The fourth-order valence-corrected chi connectivity index (χ4v) is 8.62. The van der Waals surface area contributed by atoms with E-state index in [4.69, 9.17) is 46.4 Å². The lowest BCUT2D eigenvalue weighted by molar-refractivity contribution is -0.114. The number of pyridine rings is 2. The van der Waals surface area contributed by atoms with Crippen molar-refractivity contribution in [2.24, 2.45) is 0 Å². The topological polar surface area (TPSA) is 192 Å². The van der Waals surface area contributed by atoms with Crippen molar-refractivity contribution < 1.29 is 27.6 Å². The van der Waals surface area contributed by atoms with E-state index in [2.05, 4.69) is 36.6 Å². The Morgan fingerprint density at radius 1 is 0.714 bits per heavy atom. The Bertz CT molecular complexity index is 2330.